The zero-order valence-corrected chi connectivity index (χ0v) is 13.7. The van der Waals surface area contributed by atoms with Gasteiger partial charge in [-0.15, -0.1) is 11.3 Å². The Morgan fingerprint density at radius 3 is 2.45 bits per heavy atom. The molecule has 3 rings (SSSR count). The van der Waals surface area contributed by atoms with Gasteiger partial charge in [0, 0.05) is 18.8 Å². The molecule has 1 aromatic heterocycles. The number of carbonyl (C=O) groups is 1. The topological polar surface area (TPSA) is 66.5 Å². The second kappa shape index (κ2) is 5.73. The summed E-state index contributed by atoms with van der Waals surface area (Å²) >= 11 is 1.16. The van der Waals surface area contributed by atoms with E-state index in [0.717, 1.165) is 23.3 Å². The molecule has 0 radical (unpaired) electrons. The van der Waals surface area contributed by atoms with E-state index >= 15 is 0 Å². The molecule has 5 nitrogen and oxygen atoms in total. The summed E-state index contributed by atoms with van der Waals surface area (Å²) in [5.74, 6) is -0.203. The van der Waals surface area contributed by atoms with Gasteiger partial charge in [-0.3, -0.25) is 9.52 Å². The number of aryl methyl sites for hydroxylation is 1. The number of carbonyl (C=O) groups excluding carboxylic acids is 1. The molecule has 1 fully saturated rings. The van der Waals surface area contributed by atoms with Crippen LogP contribution in [0.2, 0.25) is 0 Å². The van der Waals surface area contributed by atoms with E-state index in [9.17, 15) is 13.2 Å². The maximum Gasteiger partial charge on any atom is 0.265 e. The Morgan fingerprint density at radius 1 is 1.18 bits per heavy atom. The van der Waals surface area contributed by atoms with Crippen molar-refractivity contribution < 1.29 is 13.2 Å². The average Bonchev–Trinajstić information content (AvgIpc) is 2.89. The molecule has 0 unspecified atom stereocenters. The number of amides is 1. The average molecular weight is 336 g/mol. The summed E-state index contributed by atoms with van der Waals surface area (Å²) in [5, 5.41) is 1.64. The summed E-state index contributed by atoms with van der Waals surface area (Å²) in [6.45, 7) is 3.32. The van der Waals surface area contributed by atoms with Crippen molar-refractivity contribution in [1.29, 1.82) is 0 Å². The van der Waals surface area contributed by atoms with Crippen LogP contribution in [0.1, 0.15) is 21.7 Å². The van der Waals surface area contributed by atoms with E-state index in [1.165, 1.54) is 6.07 Å². The fraction of sp³-hybridized carbons (Fsp3) is 0.267. The first-order valence-electron chi connectivity index (χ1n) is 6.93. The SMILES string of the molecule is Cc1ccc(NS(=O)(=O)c2ccsc2C(=O)N2CCC2)cc1. The van der Waals surface area contributed by atoms with Crippen LogP contribution in [0.4, 0.5) is 5.69 Å². The summed E-state index contributed by atoms with van der Waals surface area (Å²) in [6.07, 6.45) is 0.973. The smallest absolute Gasteiger partial charge is 0.265 e. The lowest BCUT2D eigenvalue weighted by molar-refractivity contribution is 0.0653. The molecule has 1 saturated heterocycles. The molecule has 1 amide bonds. The molecular formula is C15H16N2O3S2. The predicted molar refractivity (Wildman–Crippen MR) is 86.8 cm³/mol. The van der Waals surface area contributed by atoms with Crippen LogP contribution in [0.25, 0.3) is 0 Å². The lowest BCUT2D eigenvalue weighted by Crippen LogP contribution is -2.42. The second-order valence-corrected chi connectivity index (χ2v) is 7.80. The number of benzene rings is 1. The van der Waals surface area contributed by atoms with Gasteiger partial charge in [0.2, 0.25) is 0 Å². The van der Waals surface area contributed by atoms with E-state index in [4.69, 9.17) is 0 Å². The lowest BCUT2D eigenvalue weighted by Gasteiger charge is -2.30. The van der Waals surface area contributed by atoms with Gasteiger partial charge in [0.05, 0.1) is 0 Å². The summed E-state index contributed by atoms with van der Waals surface area (Å²) in [7, 11) is -3.76. The Bertz CT molecular complexity index is 790. The Balaban J connectivity index is 1.88. The number of rotatable bonds is 4. The van der Waals surface area contributed by atoms with Gasteiger partial charge in [0.15, 0.2) is 0 Å². The van der Waals surface area contributed by atoms with Gasteiger partial charge in [-0.05, 0) is 36.9 Å². The standard InChI is InChI=1S/C15H16N2O3S2/c1-11-3-5-12(6-4-11)16-22(19,20)13-7-10-21-14(13)15(18)17-8-2-9-17/h3-7,10,16H,2,8-9H2,1H3. The van der Waals surface area contributed by atoms with Crippen molar-refractivity contribution in [2.24, 2.45) is 0 Å². The molecule has 1 N–H and O–H groups in total. The Morgan fingerprint density at radius 2 is 1.86 bits per heavy atom. The minimum atomic E-state index is -3.76. The molecule has 1 aromatic carbocycles. The van der Waals surface area contributed by atoms with E-state index in [1.807, 2.05) is 19.1 Å². The van der Waals surface area contributed by atoms with Crippen molar-refractivity contribution in [2.45, 2.75) is 18.2 Å². The van der Waals surface area contributed by atoms with E-state index in [2.05, 4.69) is 4.72 Å². The number of nitrogens with zero attached hydrogens (tertiary/aromatic N) is 1. The van der Waals surface area contributed by atoms with Crippen LogP contribution in [-0.4, -0.2) is 32.3 Å². The quantitative estimate of drug-likeness (QED) is 0.933. The fourth-order valence-corrected chi connectivity index (χ4v) is 4.61. The molecule has 1 aliphatic rings. The molecule has 1 aliphatic heterocycles. The fourth-order valence-electron chi connectivity index (χ4n) is 2.16. The third-order valence-electron chi connectivity index (χ3n) is 3.56. The van der Waals surface area contributed by atoms with Crippen molar-refractivity contribution in [3.05, 3.63) is 46.2 Å². The van der Waals surface area contributed by atoms with Gasteiger partial charge in [-0.25, -0.2) is 8.42 Å². The summed E-state index contributed by atoms with van der Waals surface area (Å²) in [6, 6.07) is 8.55. The maximum absolute atomic E-state index is 12.5. The van der Waals surface area contributed by atoms with Crippen molar-refractivity contribution >= 4 is 33.0 Å². The molecule has 0 bridgehead atoms. The Labute approximate surface area is 133 Å². The Hall–Kier alpha value is -1.86. The molecule has 0 atom stereocenters. The molecular weight excluding hydrogens is 320 g/mol. The molecule has 22 heavy (non-hydrogen) atoms. The minimum Gasteiger partial charge on any atom is -0.338 e. The first kappa shape index (κ1) is 15.1. The molecule has 2 aromatic rings. The van der Waals surface area contributed by atoms with E-state index < -0.39 is 10.0 Å². The molecule has 2 heterocycles. The molecule has 0 aliphatic carbocycles. The monoisotopic (exact) mass is 336 g/mol. The van der Waals surface area contributed by atoms with Gasteiger partial charge in [0.1, 0.15) is 9.77 Å². The van der Waals surface area contributed by atoms with Crippen LogP contribution in [0.15, 0.2) is 40.6 Å². The first-order chi connectivity index (χ1) is 10.5. The number of thiophene rings is 1. The summed E-state index contributed by atoms with van der Waals surface area (Å²) in [4.78, 5) is 14.3. The normalized spacial score (nSPS) is 14.5. The van der Waals surface area contributed by atoms with Crippen LogP contribution in [0.3, 0.4) is 0 Å². The molecule has 116 valence electrons. The molecule has 0 saturated carbocycles. The highest BCUT2D eigenvalue weighted by molar-refractivity contribution is 7.93. The van der Waals surface area contributed by atoms with E-state index in [0.29, 0.717) is 18.8 Å². The van der Waals surface area contributed by atoms with E-state index in [1.54, 1.807) is 22.4 Å². The number of hydrogen-bond acceptors (Lipinski definition) is 4. The van der Waals surface area contributed by atoms with Crippen LogP contribution < -0.4 is 4.72 Å². The van der Waals surface area contributed by atoms with Crippen LogP contribution in [-0.2, 0) is 10.0 Å². The summed E-state index contributed by atoms with van der Waals surface area (Å²) in [5.41, 5.74) is 1.53. The van der Waals surface area contributed by atoms with E-state index in [-0.39, 0.29) is 15.7 Å². The summed E-state index contributed by atoms with van der Waals surface area (Å²) < 4.78 is 27.6. The zero-order valence-electron chi connectivity index (χ0n) is 12.1. The predicted octanol–water partition coefficient (Wildman–Crippen LogP) is 2.70. The minimum absolute atomic E-state index is 0.0509. The third-order valence-corrected chi connectivity index (χ3v) is 6.02. The molecule has 0 spiro atoms. The van der Waals surface area contributed by atoms with Gasteiger partial charge in [-0.2, -0.15) is 0 Å². The highest BCUT2D eigenvalue weighted by Gasteiger charge is 2.29. The van der Waals surface area contributed by atoms with Crippen molar-refractivity contribution in [3.8, 4) is 0 Å². The van der Waals surface area contributed by atoms with Crippen LogP contribution in [0, 0.1) is 6.92 Å². The van der Waals surface area contributed by atoms with Crippen molar-refractivity contribution in [3.63, 3.8) is 0 Å². The van der Waals surface area contributed by atoms with Gasteiger partial charge in [-0.1, -0.05) is 17.7 Å². The van der Waals surface area contributed by atoms with Gasteiger partial charge in [0.25, 0.3) is 15.9 Å². The Kier molecular flexibility index (Phi) is 3.92. The number of nitrogens with one attached hydrogen (secondary N) is 1. The highest BCUT2D eigenvalue weighted by Crippen LogP contribution is 2.27. The van der Waals surface area contributed by atoms with Gasteiger partial charge >= 0.3 is 0 Å². The number of likely N-dealkylation sites (tertiary alicyclic amines) is 1. The maximum atomic E-state index is 12.5. The van der Waals surface area contributed by atoms with Crippen LogP contribution >= 0.6 is 11.3 Å². The van der Waals surface area contributed by atoms with Crippen LogP contribution in [0.5, 0.6) is 0 Å². The van der Waals surface area contributed by atoms with Crippen molar-refractivity contribution in [1.82, 2.24) is 4.90 Å². The van der Waals surface area contributed by atoms with Crippen molar-refractivity contribution in [2.75, 3.05) is 17.8 Å². The third kappa shape index (κ3) is 2.86. The largest absolute Gasteiger partial charge is 0.338 e. The lowest BCUT2D eigenvalue weighted by atomic mass is 10.2. The first-order valence-corrected chi connectivity index (χ1v) is 9.30. The number of sulfonamides is 1. The zero-order chi connectivity index (χ0) is 15.7. The van der Waals surface area contributed by atoms with Gasteiger partial charge < -0.3 is 4.90 Å². The number of hydrogen-bond donors (Lipinski definition) is 1. The molecule has 7 heteroatoms. The second-order valence-electron chi connectivity index (χ2n) is 5.23. The highest BCUT2D eigenvalue weighted by atomic mass is 32.2. The number of anilines is 1.